The van der Waals surface area contributed by atoms with Gasteiger partial charge in [0, 0.05) is 6.92 Å². The SMILES string of the molecule is CC(=O)/C(=N\OS(=O)(=O)c1ccc(C)cc1)c1nc2ccccc2s1. The molecule has 1 aromatic heterocycles. The van der Waals surface area contributed by atoms with E-state index >= 15 is 0 Å². The van der Waals surface area contributed by atoms with Crippen molar-refractivity contribution in [2.24, 2.45) is 5.16 Å². The van der Waals surface area contributed by atoms with Gasteiger partial charge in [0.05, 0.1) is 10.2 Å². The van der Waals surface area contributed by atoms with Crippen LogP contribution in [0.2, 0.25) is 0 Å². The number of aryl methyl sites for hydroxylation is 1. The fraction of sp³-hybridized carbons (Fsp3) is 0.118. The summed E-state index contributed by atoms with van der Waals surface area (Å²) >= 11 is 1.24. The number of Topliss-reactive ketones (excluding diaryl/α,β-unsaturated/α-hetero) is 1. The van der Waals surface area contributed by atoms with E-state index in [4.69, 9.17) is 4.28 Å². The average molecular weight is 374 g/mol. The van der Waals surface area contributed by atoms with Crippen molar-refractivity contribution in [2.75, 3.05) is 0 Å². The fourth-order valence-electron chi connectivity index (χ4n) is 2.06. The van der Waals surface area contributed by atoms with Crippen molar-refractivity contribution in [1.82, 2.24) is 4.98 Å². The smallest absolute Gasteiger partial charge is 0.293 e. The molecule has 0 atom stereocenters. The standard InChI is InChI=1S/C17H14N2O4S2/c1-11-7-9-13(10-8-11)25(21,22)23-19-16(12(2)20)17-18-14-5-3-4-6-15(14)24-17/h3-10H,1-2H3/b19-16+. The highest BCUT2D eigenvalue weighted by atomic mass is 32.2. The van der Waals surface area contributed by atoms with Crippen LogP contribution >= 0.6 is 11.3 Å². The number of rotatable bonds is 5. The number of benzene rings is 2. The molecular formula is C17H14N2O4S2. The van der Waals surface area contributed by atoms with Crippen LogP contribution in [0, 0.1) is 6.92 Å². The van der Waals surface area contributed by atoms with Gasteiger partial charge in [0.1, 0.15) is 9.90 Å². The second-order valence-corrected chi connectivity index (χ2v) is 7.88. The number of carbonyl (C=O) groups excluding carboxylic acids is 1. The van der Waals surface area contributed by atoms with Crippen LogP contribution in [0.5, 0.6) is 0 Å². The molecular weight excluding hydrogens is 360 g/mol. The summed E-state index contributed by atoms with van der Waals surface area (Å²) in [5.41, 5.74) is 1.50. The third-order valence-corrected chi connectivity index (χ3v) is 5.53. The van der Waals surface area contributed by atoms with Crippen LogP contribution in [0.1, 0.15) is 17.5 Å². The maximum Gasteiger partial charge on any atom is 0.358 e. The van der Waals surface area contributed by atoms with E-state index in [1.54, 1.807) is 18.2 Å². The lowest BCUT2D eigenvalue weighted by Crippen LogP contribution is -2.14. The molecule has 0 radical (unpaired) electrons. The van der Waals surface area contributed by atoms with Crippen molar-refractivity contribution >= 4 is 43.2 Å². The molecule has 25 heavy (non-hydrogen) atoms. The minimum atomic E-state index is -4.11. The molecule has 3 aromatic rings. The topological polar surface area (TPSA) is 85.7 Å². The number of hydrogen-bond acceptors (Lipinski definition) is 7. The molecule has 0 N–H and O–H groups in total. The molecule has 0 spiro atoms. The van der Waals surface area contributed by atoms with Crippen LogP contribution in [0.25, 0.3) is 10.2 Å². The number of thiazole rings is 1. The average Bonchev–Trinajstić information content (AvgIpc) is 2.98. The number of ketones is 1. The Hall–Kier alpha value is -2.58. The zero-order valence-electron chi connectivity index (χ0n) is 13.5. The molecule has 0 saturated carbocycles. The van der Waals surface area contributed by atoms with Crippen molar-refractivity contribution in [3.05, 3.63) is 59.1 Å². The van der Waals surface area contributed by atoms with E-state index in [9.17, 15) is 13.2 Å². The number of oxime groups is 1. The predicted octanol–water partition coefficient (Wildman–Crippen LogP) is 3.30. The highest BCUT2D eigenvalue weighted by Gasteiger charge is 2.20. The maximum absolute atomic E-state index is 12.2. The molecule has 0 aliphatic rings. The Bertz CT molecular complexity index is 1030. The fourth-order valence-corrected chi connectivity index (χ4v) is 3.78. The number of aromatic nitrogens is 1. The largest absolute Gasteiger partial charge is 0.358 e. The van der Waals surface area contributed by atoms with Crippen molar-refractivity contribution in [1.29, 1.82) is 0 Å². The third kappa shape index (κ3) is 3.75. The minimum Gasteiger partial charge on any atom is -0.293 e. The molecule has 0 aliphatic heterocycles. The first-order valence-corrected chi connectivity index (χ1v) is 9.54. The van der Waals surface area contributed by atoms with Crippen molar-refractivity contribution < 1.29 is 17.5 Å². The number of para-hydroxylation sites is 1. The Morgan fingerprint density at radius 1 is 1.12 bits per heavy atom. The molecule has 6 nitrogen and oxygen atoms in total. The van der Waals surface area contributed by atoms with Gasteiger partial charge in [-0.2, -0.15) is 8.42 Å². The first-order chi connectivity index (χ1) is 11.9. The van der Waals surface area contributed by atoms with E-state index in [2.05, 4.69) is 10.1 Å². The number of carbonyl (C=O) groups is 1. The Morgan fingerprint density at radius 3 is 2.44 bits per heavy atom. The molecule has 0 unspecified atom stereocenters. The summed E-state index contributed by atoms with van der Waals surface area (Å²) in [6.45, 7) is 3.13. The quantitative estimate of drug-likeness (QED) is 0.505. The minimum absolute atomic E-state index is 0.0333. The molecule has 3 rings (SSSR count). The second kappa shape index (κ2) is 6.73. The third-order valence-electron chi connectivity index (χ3n) is 3.37. The van der Waals surface area contributed by atoms with Gasteiger partial charge in [-0.25, -0.2) is 4.98 Å². The lowest BCUT2D eigenvalue weighted by atomic mass is 10.2. The molecule has 0 bridgehead atoms. The van der Waals surface area contributed by atoms with Gasteiger partial charge in [0.15, 0.2) is 11.5 Å². The summed E-state index contributed by atoms with van der Waals surface area (Å²) < 4.78 is 30.0. The Labute approximate surface area is 148 Å². The highest BCUT2D eigenvalue weighted by molar-refractivity contribution is 7.86. The van der Waals surface area contributed by atoms with Crippen LogP contribution in [-0.4, -0.2) is 24.9 Å². The summed E-state index contributed by atoms with van der Waals surface area (Å²) in [6, 6.07) is 13.5. The van der Waals surface area contributed by atoms with Crippen LogP contribution in [0.4, 0.5) is 0 Å². The Kier molecular flexibility index (Phi) is 4.65. The summed E-state index contributed by atoms with van der Waals surface area (Å²) in [5, 5.41) is 3.90. The van der Waals surface area contributed by atoms with E-state index in [-0.39, 0.29) is 10.6 Å². The van der Waals surface area contributed by atoms with E-state index in [1.807, 2.05) is 25.1 Å². The van der Waals surface area contributed by atoms with Gasteiger partial charge in [-0.1, -0.05) is 35.0 Å². The van der Waals surface area contributed by atoms with E-state index < -0.39 is 15.9 Å². The zero-order chi connectivity index (χ0) is 18.0. The monoisotopic (exact) mass is 374 g/mol. The summed E-state index contributed by atoms with van der Waals surface area (Å²) in [5.74, 6) is -0.432. The maximum atomic E-state index is 12.2. The zero-order valence-corrected chi connectivity index (χ0v) is 15.1. The molecule has 0 saturated heterocycles. The second-order valence-electron chi connectivity index (χ2n) is 5.32. The summed E-state index contributed by atoms with van der Waals surface area (Å²) in [6.07, 6.45) is 0. The molecule has 1 heterocycles. The molecule has 8 heteroatoms. The van der Waals surface area contributed by atoms with Crippen LogP contribution < -0.4 is 0 Å². The summed E-state index contributed by atoms with van der Waals surface area (Å²) in [7, 11) is -4.11. The Balaban J connectivity index is 1.95. The predicted molar refractivity (Wildman–Crippen MR) is 96.3 cm³/mol. The summed E-state index contributed by atoms with van der Waals surface area (Å²) in [4.78, 5) is 16.2. The van der Waals surface area contributed by atoms with Crippen LogP contribution in [0.15, 0.2) is 58.6 Å². The van der Waals surface area contributed by atoms with Gasteiger partial charge in [-0.05, 0) is 31.2 Å². The van der Waals surface area contributed by atoms with Crippen molar-refractivity contribution in [3.8, 4) is 0 Å². The van der Waals surface area contributed by atoms with Gasteiger partial charge < -0.3 is 0 Å². The first kappa shape index (κ1) is 17.2. The molecule has 128 valence electrons. The van der Waals surface area contributed by atoms with Gasteiger partial charge in [-0.3, -0.25) is 9.08 Å². The number of fused-ring (bicyclic) bond motifs is 1. The van der Waals surface area contributed by atoms with Crippen molar-refractivity contribution in [2.45, 2.75) is 18.7 Å². The molecule has 0 aliphatic carbocycles. The molecule has 0 fully saturated rings. The van der Waals surface area contributed by atoms with Gasteiger partial charge >= 0.3 is 10.1 Å². The normalized spacial score (nSPS) is 12.3. The van der Waals surface area contributed by atoms with Gasteiger partial charge in [0.2, 0.25) is 0 Å². The molecule has 0 amide bonds. The number of hydrogen-bond donors (Lipinski definition) is 0. The van der Waals surface area contributed by atoms with Crippen molar-refractivity contribution in [3.63, 3.8) is 0 Å². The Morgan fingerprint density at radius 2 is 1.80 bits per heavy atom. The van der Waals surface area contributed by atoms with Gasteiger partial charge in [-0.15, -0.1) is 11.3 Å². The highest BCUT2D eigenvalue weighted by Crippen LogP contribution is 2.23. The molecule has 2 aromatic carbocycles. The lowest BCUT2D eigenvalue weighted by Gasteiger charge is -2.03. The van der Waals surface area contributed by atoms with Gasteiger partial charge in [0.25, 0.3) is 0 Å². The van der Waals surface area contributed by atoms with E-state index in [0.29, 0.717) is 10.5 Å². The van der Waals surface area contributed by atoms with Crippen LogP contribution in [0.3, 0.4) is 0 Å². The first-order valence-electron chi connectivity index (χ1n) is 7.32. The lowest BCUT2D eigenvalue weighted by molar-refractivity contribution is -0.111. The number of nitrogens with zero attached hydrogens (tertiary/aromatic N) is 2. The van der Waals surface area contributed by atoms with Crippen LogP contribution in [-0.2, 0) is 19.2 Å². The van der Waals surface area contributed by atoms with E-state index in [0.717, 1.165) is 10.3 Å². The van der Waals surface area contributed by atoms with E-state index in [1.165, 1.54) is 30.4 Å².